The van der Waals surface area contributed by atoms with Crippen LogP contribution in [0, 0.1) is 0 Å². The zero-order valence-corrected chi connectivity index (χ0v) is 21.4. The molecule has 1 aromatic heterocycles. The average molecular weight is 476 g/mol. The summed E-state index contributed by atoms with van der Waals surface area (Å²) < 4.78 is 6.56. The molecule has 1 saturated carbocycles. The number of ether oxygens (including phenoxy) is 1. The van der Waals surface area contributed by atoms with Crippen LogP contribution in [0.5, 0.6) is 5.75 Å². The first-order valence-electron chi connectivity index (χ1n) is 13.6. The van der Waals surface area contributed by atoms with Gasteiger partial charge in [0.1, 0.15) is 5.75 Å². The third kappa shape index (κ3) is 6.23. The molecular formula is C34H37NO. The van der Waals surface area contributed by atoms with Gasteiger partial charge in [-0.3, -0.25) is 4.98 Å². The highest BCUT2D eigenvalue weighted by molar-refractivity contribution is 5.44. The van der Waals surface area contributed by atoms with Gasteiger partial charge in [-0.15, -0.1) is 0 Å². The van der Waals surface area contributed by atoms with Gasteiger partial charge in [0.25, 0.3) is 0 Å². The minimum atomic E-state index is 0.271. The van der Waals surface area contributed by atoms with Crippen molar-refractivity contribution in [3.63, 3.8) is 0 Å². The second kappa shape index (κ2) is 12.0. The van der Waals surface area contributed by atoms with Crippen LogP contribution in [0.15, 0.2) is 97.3 Å². The number of rotatable bonds is 10. The predicted octanol–water partition coefficient (Wildman–Crippen LogP) is 8.13. The highest BCUT2D eigenvalue weighted by Gasteiger charge is 2.21. The molecule has 0 saturated heterocycles. The molecule has 2 heteroatoms. The van der Waals surface area contributed by atoms with Crippen LogP contribution >= 0.6 is 0 Å². The van der Waals surface area contributed by atoms with Crippen LogP contribution in [0.1, 0.15) is 71.9 Å². The van der Waals surface area contributed by atoms with Gasteiger partial charge < -0.3 is 4.74 Å². The minimum absolute atomic E-state index is 0.271. The lowest BCUT2D eigenvalue weighted by molar-refractivity contribution is 0.208. The topological polar surface area (TPSA) is 22.1 Å². The number of aryl methyl sites for hydroxylation is 3. The first-order valence-corrected chi connectivity index (χ1v) is 13.6. The van der Waals surface area contributed by atoms with E-state index in [1.54, 1.807) is 0 Å². The summed E-state index contributed by atoms with van der Waals surface area (Å²) in [5.41, 5.74) is 8.07. The lowest BCUT2D eigenvalue weighted by Crippen LogP contribution is -2.13. The number of benzene rings is 3. The van der Waals surface area contributed by atoms with Gasteiger partial charge in [-0.1, -0.05) is 73.7 Å². The van der Waals surface area contributed by atoms with Gasteiger partial charge in [-0.05, 0) is 103 Å². The molecule has 0 N–H and O–H groups in total. The standard InChI is InChI=1S/C34H37NO/c1-2-29-18-19-31(25-34(29)36-32-10-6-7-11-32)33(24-28-20-22-35-23-21-28)30-16-14-27(15-17-30)13-12-26-8-4-3-5-9-26/h3-5,8-9,14-23,25,32-33H,2,6-7,10-13,24H2,1H3. The smallest absolute Gasteiger partial charge is 0.123 e. The zero-order valence-electron chi connectivity index (χ0n) is 21.4. The summed E-state index contributed by atoms with van der Waals surface area (Å²) in [4.78, 5) is 4.23. The summed E-state index contributed by atoms with van der Waals surface area (Å²) >= 11 is 0. The molecule has 1 fully saturated rings. The van der Waals surface area contributed by atoms with Crippen LogP contribution in [-0.2, 0) is 25.7 Å². The van der Waals surface area contributed by atoms with Crippen molar-refractivity contribution in [3.05, 3.63) is 131 Å². The molecule has 5 rings (SSSR count). The number of pyridine rings is 1. The van der Waals surface area contributed by atoms with E-state index in [4.69, 9.17) is 4.74 Å². The highest BCUT2D eigenvalue weighted by atomic mass is 16.5. The van der Waals surface area contributed by atoms with Crippen LogP contribution in [-0.4, -0.2) is 11.1 Å². The summed E-state index contributed by atoms with van der Waals surface area (Å²) in [6.07, 6.45) is 13.2. The molecule has 1 aliphatic rings. The van der Waals surface area contributed by atoms with Gasteiger partial charge in [0.15, 0.2) is 0 Å². The molecule has 184 valence electrons. The van der Waals surface area contributed by atoms with Gasteiger partial charge in [-0.25, -0.2) is 0 Å². The SMILES string of the molecule is CCc1ccc(C(Cc2ccncc2)c2ccc(CCc3ccccc3)cc2)cc1OC1CCCC1. The van der Waals surface area contributed by atoms with E-state index in [0.717, 1.165) is 31.4 Å². The van der Waals surface area contributed by atoms with E-state index in [9.17, 15) is 0 Å². The first-order chi connectivity index (χ1) is 17.8. The fourth-order valence-electron chi connectivity index (χ4n) is 5.41. The van der Waals surface area contributed by atoms with Crippen LogP contribution in [0.4, 0.5) is 0 Å². The van der Waals surface area contributed by atoms with Crippen molar-refractivity contribution in [1.82, 2.24) is 4.98 Å². The van der Waals surface area contributed by atoms with Crippen LogP contribution in [0.25, 0.3) is 0 Å². The van der Waals surface area contributed by atoms with Gasteiger partial charge in [0.05, 0.1) is 6.10 Å². The Hall–Kier alpha value is -3.39. The molecule has 0 bridgehead atoms. The molecule has 0 spiro atoms. The van der Waals surface area contributed by atoms with Crippen molar-refractivity contribution >= 4 is 0 Å². The minimum Gasteiger partial charge on any atom is -0.490 e. The Kier molecular flexibility index (Phi) is 8.13. The fourth-order valence-corrected chi connectivity index (χ4v) is 5.41. The Morgan fingerprint density at radius 2 is 1.42 bits per heavy atom. The van der Waals surface area contributed by atoms with Crippen molar-refractivity contribution in [2.45, 2.75) is 70.3 Å². The predicted molar refractivity (Wildman–Crippen MR) is 149 cm³/mol. The maximum absolute atomic E-state index is 6.56. The van der Waals surface area contributed by atoms with Crippen molar-refractivity contribution in [2.75, 3.05) is 0 Å². The van der Waals surface area contributed by atoms with Crippen molar-refractivity contribution in [2.24, 2.45) is 0 Å². The van der Waals surface area contributed by atoms with Gasteiger partial charge in [-0.2, -0.15) is 0 Å². The average Bonchev–Trinajstić information content (AvgIpc) is 3.45. The van der Waals surface area contributed by atoms with E-state index < -0.39 is 0 Å². The lowest BCUT2D eigenvalue weighted by Gasteiger charge is -2.22. The largest absolute Gasteiger partial charge is 0.490 e. The molecule has 1 atom stereocenters. The molecule has 3 aromatic carbocycles. The summed E-state index contributed by atoms with van der Waals surface area (Å²) in [5.74, 6) is 1.36. The first kappa shape index (κ1) is 24.3. The second-order valence-electron chi connectivity index (χ2n) is 10.1. The third-order valence-electron chi connectivity index (χ3n) is 7.59. The van der Waals surface area contributed by atoms with Gasteiger partial charge in [0, 0.05) is 18.3 Å². The van der Waals surface area contributed by atoms with Crippen LogP contribution in [0.3, 0.4) is 0 Å². The van der Waals surface area contributed by atoms with Crippen molar-refractivity contribution < 1.29 is 4.74 Å². The zero-order chi connectivity index (χ0) is 24.6. The maximum atomic E-state index is 6.56. The monoisotopic (exact) mass is 475 g/mol. The Morgan fingerprint density at radius 1 is 0.750 bits per heavy atom. The second-order valence-corrected chi connectivity index (χ2v) is 10.1. The molecule has 1 unspecified atom stereocenters. The number of hydrogen-bond donors (Lipinski definition) is 0. The number of hydrogen-bond acceptors (Lipinski definition) is 2. The fraction of sp³-hybridized carbons (Fsp3) is 0.324. The number of nitrogens with zero attached hydrogens (tertiary/aromatic N) is 1. The van der Waals surface area contributed by atoms with E-state index in [-0.39, 0.29) is 5.92 Å². The molecule has 1 aliphatic carbocycles. The molecular weight excluding hydrogens is 438 g/mol. The molecule has 2 nitrogen and oxygen atoms in total. The molecule has 0 radical (unpaired) electrons. The van der Waals surface area contributed by atoms with E-state index in [1.807, 2.05) is 12.4 Å². The Balaban J connectivity index is 1.41. The molecule has 0 amide bonds. The van der Waals surface area contributed by atoms with E-state index in [1.165, 1.54) is 59.1 Å². The van der Waals surface area contributed by atoms with Gasteiger partial charge in [0.2, 0.25) is 0 Å². The maximum Gasteiger partial charge on any atom is 0.123 e. The third-order valence-corrected chi connectivity index (χ3v) is 7.59. The Labute approximate surface area is 216 Å². The Bertz CT molecular complexity index is 1210. The lowest BCUT2D eigenvalue weighted by atomic mass is 9.85. The van der Waals surface area contributed by atoms with Crippen LogP contribution < -0.4 is 4.74 Å². The van der Waals surface area contributed by atoms with Gasteiger partial charge >= 0.3 is 0 Å². The van der Waals surface area contributed by atoms with Crippen molar-refractivity contribution in [1.29, 1.82) is 0 Å². The van der Waals surface area contributed by atoms with E-state index in [2.05, 4.69) is 96.8 Å². The summed E-state index contributed by atoms with van der Waals surface area (Å²) in [7, 11) is 0. The van der Waals surface area contributed by atoms with Crippen LogP contribution in [0.2, 0.25) is 0 Å². The summed E-state index contributed by atoms with van der Waals surface area (Å²) in [6, 6.07) is 31.2. The molecule has 36 heavy (non-hydrogen) atoms. The molecule has 0 aliphatic heterocycles. The quantitative estimate of drug-likeness (QED) is 0.231. The number of aromatic nitrogens is 1. The van der Waals surface area contributed by atoms with E-state index in [0.29, 0.717) is 6.10 Å². The van der Waals surface area contributed by atoms with E-state index >= 15 is 0 Å². The summed E-state index contributed by atoms with van der Waals surface area (Å²) in [5, 5.41) is 0. The summed E-state index contributed by atoms with van der Waals surface area (Å²) in [6.45, 7) is 2.22. The molecule has 4 aromatic rings. The highest BCUT2D eigenvalue weighted by Crippen LogP contribution is 2.34. The Morgan fingerprint density at radius 3 is 2.11 bits per heavy atom. The van der Waals surface area contributed by atoms with Crippen molar-refractivity contribution in [3.8, 4) is 5.75 Å². The normalized spacial score (nSPS) is 14.6. The molecule has 1 heterocycles.